The topological polar surface area (TPSA) is 20.2 Å². The summed E-state index contributed by atoms with van der Waals surface area (Å²) in [6.45, 7) is 9.26. The molecule has 0 atom stereocenters. The smallest absolute Gasteiger partial charge is 0.0800 e. The maximum Gasteiger partial charge on any atom is 0.0800 e. The van der Waals surface area contributed by atoms with Crippen LogP contribution in [-0.2, 0) is 0 Å². The summed E-state index contributed by atoms with van der Waals surface area (Å²) in [5, 5.41) is 10.3. The summed E-state index contributed by atoms with van der Waals surface area (Å²) in [5.74, 6) is 0. The highest BCUT2D eigenvalue weighted by Gasteiger charge is 2.27. The van der Waals surface area contributed by atoms with Gasteiger partial charge in [0.1, 0.15) is 0 Å². The Hall–Kier alpha value is -0.0831. The summed E-state index contributed by atoms with van der Waals surface area (Å²) in [6, 6.07) is 3.92. The fourth-order valence-corrected chi connectivity index (χ4v) is 5.64. The van der Waals surface area contributed by atoms with E-state index in [4.69, 9.17) is 5.11 Å². The van der Waals surface area contributed by atoms with E-state index in [1.807, 2.05) is 6.08 Å². The molecule has 0 saturated heterocycles. The summed E-state index contributed by atoms with van der Waals surface area (Å²) in [5.41, 5.74) is 0. The maximum absolute atomic E-state index is 8.83. The van der Waals surface area contributed by atoms with Crippen LogP contribution in [0.1, 0.15) is 27.7 Å². The molecule has 1 nitrogen and oxygen atoms in total. The van der Waals surface area contributed by atoms with E-state index in [1.165, 1.54) is 23.3 Å². The SMILES string of the molecule is CC[Si](CC)(CC)/C(C)=C/CO. The molecule has 0 aromatic heterocycles. The Balaban J connectivity index is 4.58. The van der Waals surface area contributed by atoms with Gasteiger partial charge in [0, 0.05) is 0 Å². The monoisotopic (exact) mass is 186 g/mol. The molecule has 0 heterocycles. The lowest BCUT2D eigenvalue weighted by atomic mass is 10.5. The van der Waals surface area contributed by atoms with E-state index in [0.717, 1.165) is 0 Å². The number of rotatable bonds is 5. The number of hydrogen-bond acceptors (Lipinski definition) is 1. The van der Waals surface area contributed by atoms with Gasteiger partial charge in [-0.05, 0) is 6.92 Å². The molecular weight excluding hydrogens is 164 g/mol. The minimum absolute atomic E-state index is 0.209. The standard InChI is InChI=1S/C10H22OSi/c1-5-12(6-2,7-3)10(4)8-9-11/h8,11H,5-7,9H2,1-4H3/b10-8+. The molecule has 0 aliphatic heterocycles. The van der Waals surface area contributed by atoms with E-state index in [9.17, 15) is 0 Å². The molecular formula is C10H22OSi. The summed E-state index contributed by atoms with van der Waals surface area (Å²) in [7, 11) is -1.14. The van der Waals surface area contributed by atoms with Crippen LogP contribution in [0.4, 0.5) is 0 Å². The van der Waals surface area contributed by atoms with Gasteiger partial charge in [-0.2, -0.15) is 0 Å². The van der Waals surface area contributed by atoms with Crippen LogP contribution in [0.2, 0.25) is 18.1 Å². The average molecular weight is 186 g/mol. The van der Waals surface area contributed by atoms with Crippen molar-refractivity contribution in [3.8, 4) is 0 Å². The molecule has 72 valence electrons. The first-order valence-corrected chi connectivity index (χ1v) is 7.57. The fourth-order valence-electron chi connectivity index (χ4n) is 1.94. The zero-order valence-electron chi connectivity index (χ0n) is 8.85. The molecule has 2 heteroatoms. The fraction of sp³-hybridized carbons (Fsp3) is 0.800. The lowest BCUT2D eigenvalue weighted by Crippen LogP contribution is -2.33. The minimum Gasteiger partial charge on any atom is -0.392 e. The molecule has 0 bridgehead atoms. The molecule has 0 fully saturated rings. The Morgan fingerprint density at radius 2 is 1.58 bits per heavy atom. The Morgan fingerprint density at radius 1 is 1.17 bits per heavy atom. The van der Waals surface area contributed by atoms with E-state index in [0.29, 0.717) is 0 Å². The lowest BCUT2D eigenvalue weighted by Gasteiger charge is -2.29. The van der Waals surface area contributed by atoms with Crippen LogP contribution in [0.5, 0.6) is 0 Å². The molecule has 0 saturated carbocycles. The van der Waals surface area contributed by atoms with Crippen molar-refractivity contribution in [2.75, 3.05) is 6.61 Å². The van der Waals surface area contributed by atoms with E-state index in [2.05, 4.69) is 27.7 Å². The zero-order valence-corrected chi connectivity index (χ0v) is 9.85. The van der Waals surface area contributed by atoms with Gasteiger partial charge in [-0.15, -0.1) is 0 Å². The summed E-state index contributed by atoms with van der Waals surface area (Å²) < 4.78 is 0. The van der Waals surface area contributed by atoms with Crippen molar-refractivity contribution in [1.29, 1.82) is 0 Å². The van der Waals surface area contributed by atoms with Gasteiger partial charge < -0.3 is 5.11 Å². The average Bonchev–Trinajstić information content (AvgIpc) is 2.09. The van der Waals surface area contributed by atoms with Gasteiger partial charge in [-0.25, -0.2) is 0 Å². The van der Waals surface area contributed by atoms with Crippen LogP contribution >= 0.6 is 0 Å². The summed E-state index contributed by atoms with van der Waals surface area (Å²) >= 11 is 0. The van der Waals surface area contributed by atoms with Crippen LogP contribution in [0.25, 0.3) is 0 Å². The van der Waals surface area contributed by atoms with Gasteiger partial charge in [0.05, 0.1) is 14.7 Å². The third-order valence-corrected chi connectivity index (χ3v) is 9.20. The quantitative estimate of drug-likeness (QED) is 0.655. The van der Waals surface area contributed by atoms with Gasteiger partial charge in [0.15, 0.2) is 0 Å². The van der Waals surface area contributed by atoms with Crippen molar-refractivity contribution in [2.45, 2.75) is 45.8 Å². The second-order valence-corrected chi connectivity index (χ2v) is 8.88. The number of aliphatic hydroxyl groups is 1. The van der Waals surface area contributed by atoms with Crippen LogP contribution in [-0.4, -0.2) is 19.8 Å². The lowest BCUT2D eigenvalue weighted by molar-refractivity contribution is 0.342. The Labute approximate surface area is 77.5 Å². The van der Waals surface area contributed by atoms with Crippen molar-refractivity contribution >= 4 is 8.07 Å². The molecule has 0 amide bonds. The van der Waals surface area contributed by atoms with Crippen LogP contribution in [0, 0.1) is 0 Å². The first-order valence-electron chi connectivity index (χ1n) is 4.95. The second-order valence-electron chi connectivity index (χ2n) is 3.41. The van der Waals surface area contributed by atoms with Crippen molar-refractivity contribution in [2.24, 2.45) is 0 Å². The third-order valence-electron chi connectivity index (χ3n) is 3.26. The first-order chi connectivity index (χ1) is 5.66. The highest BCUT2D eigenvalue weighted by atomic mass is 28.3. The zero-order chi connectivity index (χ0) is 9.61. The predicted octanol–water partition coefficient (Wildman–Crippen LogP) is 2.97. The van der Waals surface area contributed by atoms with Gasteiger partial charge in [-0.3, -0.25) is 0 Å². The third kappa shape index (κ3) is 2.46. The van der Waals surface area contributed by atoms with Crippen molar-refractivity contribution in [1.82, 2.24) is 0 Å². The summed E-state index contributed by atoms with van der Waals surface area (Å²) in [4.78, 5) is 0. The Kier molecular flexibility index (Phi) is 5.50. The molecule has 0 aliphatic carbocycles. The number of hydrogen-bond donors (Lipinski definition) is 1. The molecule has 12 heavy (non-hydrogen) atoms. The Bertz CT molecular complexity index is 140. The molecule has 0 aliphatic rings. The largest absolute Gasteiger partial charge is 0.392 e. The van der Waals surface area contributed by atoms with E-state index >= 15 is 0 Å². The highest BCUT2D eigenvalue weighted by Crippen LogP contribution is 2.27. The van der Waals surface area contributed by atoms with Gasteiger partial charge in [0.2, 0.25) is 0 Å². The minimum atomic E-state index is -1.14. The van der Waals surface area contributed by atoms with Crippen LogP contribution in [0.15, 0.2) is 11.3 Å². The Morgan fingerprint density at radius 3 is 1.83 bits per heavy atom. The molecule has 0 aromatic rings. The number of aliphatic hydroxyl groups excluding tert-OH is 1. The van der Waals surface area contributed by atoms with Crippen molar-refractivity contribution in [3.05, 3.63) is 11.3 Å². The predicted molar refractivity (Wildman–Crippen MR) is 58.0 cm³/mol. The number of allylic oxidation sites excluding steroid dienone is 1. The molecule has 0 aromatic carbocycles. The highest BCUT2D eigenvalue weighted by molar-refractivity contribution is 6.86. The molecule has 1 N–H and O–H groups in total. The summed E-state index contributed by atoms with van der Waals surface area (Å²) in [6.07, 6.45) is 2.00. The van der Waals surface area contributed by atoms with E-state index < -0.39 is 8.07 Å². The molecule has 0 radical (unpaired) electrons. The van der Waals surface area contributed by atoms with E-state index in [-0.39, 0.29) is 6.61 Å². The molecule has 0 unspecified atom stereocenters. The van der Waals surface area contributed by atoms with Crippen molar-refractivity contribution < 1.29 is 5.11 Å². The van der Waals surface area contributed by atoms with Crippen LogP contribution < -0.4 is 0 Å². The van der Waals surface area contributed by atoms with Gasteiger partial charge in [-0.1, -0.05) is 50.2 Å². The van der Waals surface area contributed by atoms with Crippen molar-refractivity contribution in [3.63, 3.8) is 0 Å². The van der Waals surface area contributed by atoms with Crippen LogP contribution in [0.3, 0.4) is 0 Å². The van der Waals surface area contributed by atoms with E-state index in [1.54, 1.807) is 0 Å². The normalized spacial score (nSPS) is 13.6. The van der Waals surface area contributed by atoms with Gasteiger partial charge in [0.25, 0.3) is 0 Å². The first kappa shape index (κ1) is 11.9. The molecule has 0 rings (SSSR count). The molecule has 0 spiro atoms. The maximum atomic E-state index is 8.83. The second kappa shape index (κ2) is 5.54. The van der Waals surface area contributed by atoms with Gasteiger partial charge >= 0.3 is 0 Å².